The number of para-hydroxylation sites is 2. The summed E-state index contributed by atoms with van der Waals surface area (Å²) in [6.45, 7) is 0. The van der Waals surface area contributed by atoms with Crippen molar-refractivity contribution in [3.05, 3.63) is 461 Å². The van der Waals surface area contributed by atoms with Gasteiger partial charge < -0.3 is 9.13 Å². The highest BCUT2D eigenvalue weighted by Crippen LogP contribution is 2.48. The van der Waals surface area contributed by atoms with E-state index in [2.05, 4.69) is 422 Å². The van der Waals surface area contributed by atoms with E-state index in [0.29, 0.717) is 34.9 Å². The molecule has 0 amide bonds. The third kappa shape index (κ3) is 14.1. The van der Waals surface area contributed by atoms with Gasteiger partial charge in [0, 0.05) is 101 Å². The maximum Gasteiger partial charge on any atom is 0.166 e. The minimum atomic E-state index is 0.588. The first-order chi connectivity index (χ1) is 64.4. The molecule has 0 radical (unpaired) electrons. The molecule has 0 aliphatic carbocycles. The molecule has 6 aromatic heterocycles. The van der Waals surface area contributed by atoms with Gasteiger partial charge in [0.15, 0.2) is 34.9 Å². The number of nitrogens with zero attached hydrogens (tertiary/aromatic N) is 8. The number of thiophene rings is 2. The van der Waals surface area contributed by atoms with E-state index in [4.69, 9.17) is 29.9 Å². The Morgan fingerprint density at radius 1 is 0.154 bits per heavy atom. The molecule has 0 fully saturated rings. The Labute approximate surface area is 758 Å². The maximum absolute atomic E-state index is 5.47. The Morgan fingerprint density at radius 3 is 0.938 bits per heavy atom. The second-order valence-corrected chi connectivity index (χ2v) is 34.8. The third-order valence-corrected chi connectivity index (χ3v) is 27.4. The van der Waals surface area contributed by atoms with E-state index in [1.54, 1.807) is 0 Å². The number of fused-ring (bicyclic) bond motifs is 12. The van der Waals surface area contributed by atoms with Crippen LogP contribution in [0.25, 0.3) is 242 Å². The molecule has 19 aromatic carbocycles. The van der Waals surface area contributed by atoms with Crippen LogP contribution in [0, 0.1) is 0 Å². The summed E-state index contributed by atoms with van der Waals surface area (Å²) in [5.74, 6) is 3.65. The van der Waals surface area contributed by atoms with Gasteiger partial charge in [-0.25, -0.2) is 29.9 Å². The Morgan fingerprint density at radius 2 is 0.469 bits per heavy atom. The molecule has 0 atom stereocenters. The van der Waals surface area contributed by atoms with Crippen molar-refractivity contribution in [3.8, 4) is 158 Å². The fourth-order valence-electron chi connectivity index (χ4n) is 18.7. The third-order valence-electron chi connectivity index (χ3n) is 24.9. The molecule has 10 heteroatoms. The Bertz CT molecular complexity index is 8500. The highest BCUT2D eigenvalue weighted by Gasteiger charge is 2.26. The van der Waals surface area contributed by atoms with E-state index < -0.39 is 0 Å². The predicted molar refractivity (Wildman–Crippen MR) is 545 cm³/mol. The Balaban J connectivity index is 0.000000145. The van der Waals surface area contributed by atoms with Crippen LogP contribution in [0.4, 0.5) is 0 Å². The van der Waals surface area contributed by atoms with Gasteiger partial charge in [-0.2, -0.15) is 0 Å². The normalized spacial score (nSPS) is 11.5. The van der Waals surface area contributed by atoms with Gasteiger partial charge in [0.2, 0.25) is 0 Å². The quantitative estimate of drug-likeness (QED) is 0.102. The lowest BCUT2D eigenvalue weighted by Crippen LogP contribution is -2.04. The number of rotatable bonds is 15. The lowest BCUT2D eigenvalue weighted by Gasteiger charge is -2.17. The summed E-state index contributed by atoms with van der Waals surface area (Å²) in [6.07, 6.45) is 0. The summed E-state index contributed by atoms with van der Waals surface area (Å²) < 4.78 is 10.0. The molecule has 0 aliphatic rings. The van der Waals surface area contributed by atoms with Gasteiger partial charge in [0.25, 0.3) is 0 Å². The van der Waals surface area contributed by atoms with Gasteiger partial charge in [-0.1, -0.05) is 382 Å². The van der Waals surface area contributed by atoms with Crippen molar-refractivity contribution in [3.63, 3.8) is 0 Å². The number of benzene rings is 19. The second-order valence-electron chi connectivity index (χ2n) is 32.7. The van der Waals surface area contributed by atoms with Crippen molar-refractivity contribution in [2.24, 2.45) is 0 Å². The standard InChI is InChI=1S/C63H40N4S.C57H36N4S/c1-4-17-41(18-5-1)44-23-14-25-48(37-44)61-64-62(49-26-15-24-45(38-49)42-19-6-2-7-20-42)66-63(65-61)55-39-46(43-21-8-3-9-22-43)34-36-57(55)67-56-31-12-10-27-51(56)52-35-33-47(40-58(52)67)50-29-16-30-54-53-28-11-13-32-59(53)68-60(50)54;1-4-16-37(17-5-1)40-22-14-23-41(34-40)44-33-31-43(36-50(44)57-59-55(38-18-6-2-7-19-38)58-56(60-57)39-20-8-3-9-21-39)61-51-28-12-10-24-46(51)47-32-30-42(35-52(47)61)45-26-15-27-49-48-25-11-13-29-53(48)62-54(45)49/h1-40H;1-36H. The van der Waals surface area contributed by atoms with E-state index in [1.807, 2.05) is 71.2 Å². The van der Waals surface area contributed by atoms with Crippen LogP contribution in [0.2, 0.25) is 0 Å². The van der Waals surface area contributed by atoms with E-state index >= 15 is 0 Å². The van der Waals surface area contributed by atoms with Crippen molar-refractivity contribution in [2.75, 3.05) is 0 Å². The molecule has 0 saturated carbocycles. The van der Waals surface area contributed by atoms with Crippen LogP contribution in [0.3, 0.4) is 0 Å². The first kappa shape index (κ1) is 76.9. The van der Waals surface area contributed by atoms with Crippen LogP contribution in [0.15, 0.2) is 461 Å². The van der Waals surface area contributed by atoms with E-state index in [0.717, 1.165) is 122 Å². The zero-order chi connectivity index (χ0) is 86.0. The Kier molecular flexibility index (Phi) is 19.5. The monoisotopic (exact) mass is 1690 g/mol. The summed E-state index contributed by atoms with van der Waals surface area (Å²) in [6, 6.07) is 164. The molecule has 25 aromatic rings. The molecule has 0 spiro atoms. The van der Waals surface area contributed by atoms with Crippen LogP contribution in [-0.4, -0.2) is 39.0 Å². The molecule has 0 unspecified atom stereocenters. The van der Waals surface area contributed by atoms with Crippen LogP contribution in [0.5, 0.6) is 0 Å². The summed E-state index contributed by atoms with van der Waals surface area (Å²) in [5, 5.41) is 9.94. The first-order valence-electron chi connectivity index (χ1n) is 43.8. The highest BCUT2D eigenvalue weighted by atomic mass is 32.1. The van der Waals surface area contributed by atoms with Gasteiger partial charge >= 0.3 is 0 Å². The average molecular weight is 1690 g/mol. The fourth-order valence-corrected chi connectivity index (χ4v) is 21.2. The van der Waals surface area contributed by atoms with Crippen molar-refractivity contribution in [1.29, 1.82) is 0 Å². The van der Waals surface area contributed by atoms with Crippen LogP contribution >= 0.6 is 22.7 Å². The number of hydrogen-bond acceptors (Lipinski definition) is 8. The molecule has 608 valence electrons. The fraction of sp³-hybridized carbons (Fsp3) is 0. The van der Waals surface area contributed by atoms with Crippen molar-refractivity contribution >= 4 is 107 Å². The molecular formula is C120H76N8S2. The first-order valence-corrected chi connectivity index (χ1v) is 45.4. The van der Waals surface area contributed by atoms with Crippen molar-refractivity contribution in [2.45, 2.75) is 0 Å². The summed E-state index contributed by atoms with van der Waals surface area (Å²) in [5.41, 5.74) is 27.9. The summed E-state index contributed by atoms with van der Waals surface area (Å²) >= 11 is 3.73. The van der Waals surface area contributed by atoms with Gasteiger partial charge in [-0.15, -0.1) is 22.7 Å². The molecule has 0 aliphatic heterocycles. The minimum Gasteiger partial charge on any atom is -0.309 e. The molecule has 0 bridgehead atoms. The van der Waals surface area contributed by atoms with Gasteiger partial charge in [0.1, 0.15) is 0 Å². The maximum atomic E-state index is 5.47. The molecule has 6 heterocycles. The lowest BCUT2D eigenvalue weighted by atomic mass is 9.95. The van der Waals surface area contributed by atoms with Gasteiger partial charge in [0.05, 0.1) is 27.8 Å². The largest absolute Gasteiger partial charge is 0.309 e. The molecule has 130 heavy (non-hydrogen) atoms. The zero-order valence-corrected chi connectivity index (χ0v) is 71.9. The molecule has 25 rings (SSSR count). The molecular weight excluding hydrogens is 1620 g/mol. The van der Waals surface area contributed by atoms with Crippen LogP contribution in [-0.2, 0) is 0 Å². The van der Waals surface area contributed by atoms with Gasteiger partial charge in [-0.05, 0) is 157 Å². The average Bonchev–Trinajstić information content (AvgIpc) is 1.58. The summed E-state index contributed by atoms with van der Waals surface area (Å²) in [7, 11) is 0. The molecule has 0 saturated heterocycles. The summed E-state index contributed by atoms with van der Waals surface area (Å²) in [4.78, 5) is 31.9. The minimum absolute atomic E-state index is 0.588. The number of aromatic nitrogens is 8. The highest BCUT2D eigenvalue weighted by molar-refractivity contribution is 7.26. The van der Waals surface area contributed by atoms with Crippen LogP contribution < -0.4 is 0 Å². The second kappa shape index (κ2) is 33.0. The smallest absolute Gasteiger partial charge is 0.166 e. The molecule has 8 nitrogen and oxygen atoms in total. The van der Waals surface area contributed by atoms with Crippen molar-refractivity contribution in [1.82, 2.24) is 39.0 Å². The van der Waals surface area contributed by atoms with Crippen molar-refractivity contribution < 1.29 is 0 Å². The van der Waals surface area contributed by atoms with Gasteiger partial charge in [-0.3, -0.25) is 0 Å². The molecule has 0 N–H and O–H groups in total. The predicted octanol–water partition coefficient (Wildman–Crippen LogP) is 32.3. The Hall–Kier alpha value is -16.8. The number of hydrogen-bond donors (Lipinski definition) is 0. The lowest BCUT2D eigenvalue weighted by molar-refractivity contribution is 1.06. The van der Waals surface area contributed by atoms with E-state index in [-0.39, 0.29) is 0 Å². The van der Waals surface area contributed by atoms with Crippen LogP contribution in [0.1, 0.15) is 0 Å². The topological polar surface area (TPSA) is 87.2 Å². The van der Waals surface area contributed by atoms with E-state index in [9.17, 15) is 0 Å². The van der Waals surface area contributed by atoms with E-state index in [1.165, 1.54) is 84.1 Å². The zero-order valence-electron chi connectivity index (χ0n) is 70.3. The SMILES string of the molecule is c1ccc(-c2cccc(-c3ccc(-n4c5ccccc5c5ccc(-c6cccc7c6sc6ccccc67)cc54)cc3-c3nc(-c4ccccc4)nc(-c4ccccc4)n3)c2)cc1.c1ccc(-c2cccc(-c3nc(-c4cccc(-c5ccccc5)c4)nc(-c4cc(-c5ccccc5)ccc4-n4c5ccccc5c5ccc(-c6cccc7c6sc6ccccc67)cc54)n3)c2)cc1.